The molecule has 0 aliphatic heterocycles. The predicted molar refractivity (Wildman–Crippen MR) is 80.2 cm³/mol. The minimum Gasteiger partial charge on any atom is -0.384 e. The summed E-state index contributed by atoms with van der Waals surface area (Å²) in [6.45, 7) is 2.56. The molecule has 106 valence electrons. The first-order valence-electron chi connectivity index (χ1n) is 6.76. The normalized spacial score (nSPS) is 16.3. The third-order valence-corrected chi connectivity index (χ3v) is 4.78. The molecule has 0 spiro atoms. The fourth-order valence-corrected chi connectivity index (χ4v) is 3.30. The summed E-state index contributed by atoms with van der Waals surface area (Å²) in [5.41, 5.74) is 1.65. The third-order valence-electron chi connectivity index (χ3n) is 3.91. The highest BCUT2D eigenvalue weighted by Crippen LogP contribution is 2.48. The largest absolute Gasteiger partial charge is 0.384 e. The standard InChI is InChI=1S/C15H18N2O2S/c1-10-13(11-4-3-7-20-11)16-12(17-14(10)18)8-15(5-6-15)9-19-2/h3-4,7H,5-6,8-9H2,1-2H3,(H,16,17,18). The molecule has 2 aromatic heterocycles. The van der Waals surface area contributed by atoms with Crippen LogP contribution in [0.2, 0.25) is 0 Å². The summed E-state index contributed by atoms with van der Waals surface area (Å²) in [7, 11) is 1.72. The highest BCUT2D eigenvalue weighted by molar-refractivity contribution is 7.13. The molecule has 0 unspecified atom stereocenters. The van der Waals surface area contributed by atoms with Gasteiger partial charge in [-0.3, -0.25) is 4.79 Å². The van der Waals surface area contributed by atoms with Crippen LogP contribution in [0.15, 0.2) is 22.3 Å². The van der Waals surface area contributed by atoms with E-state index in [1.807, 2.05) is 24.4 Å². The van der Waals surface area contributed by atoms with E-state index in [4.69, 9.17) is 4.74 Å². The predicted octanol–water partition coefficient (Wildman–Crippen LogP) is 2.78. The molecule has 5 heteroatoms. The van der Waals surface area contributed by atoms with E-state index in [0.29, 0.717) is 5.56 Å². The van der Waals surface area contributed by atoms with E-state index in [0.717, 1.165) is 42.3 Å². The van der Waals surface area contributed by atoms with Crippen LogP contribution < -0.4 is 5.56 Å². The van der Waals surface area contributed by atoms with Crippen molar-refractivity contribution in [3.05, 3.63) is 39.3 Å². The summed E-state index contributed by atoms with van der Waals surface area (Å²) >= 11 is 1.61. The molecule has 1 saturated carbocycles. The maximum absolute atomic E-state index is 12.1. The molecule has 0 radical (unpaired) electrons. The van der Waals surface area contributed by atoms with Crippen molar-refractivity contribution in [1.82, 2.24) is 9.97 Å². The first kappa shape index (κ1) is 13.5. The number of ether oxygens (including phenoxy) is 1. The van der Waals surface area contributed by atoms with Crippen molar-refractivity contribution in [2.75, 3.05) is 13.7 Å². The number of aromatic nitrogens is 2. The number of methoxy groups -OCH3 is 1. The SMILES string of the molecule is COCC1(Cc2nc(-c3cccs3)c(C)c(=O)[nH]2)CC1. The van der Waals surface area contributed by atoms with Gasteiger partial charge in [0.1, 0.15) is 5.82 Å². The number of rotatable bonds is 5. The molecule has 0 bridgehead atoms. The van der Waals surface area contributed by atoms with Crippen LogP contribution in [0.4, 0.5) is 0 Å². The molecule has 1 fully saturated rings. The summed E-state index contributed by atoms with van der Waals surface area (Å²) in [5, 5.41) is 2.00. The number of nitrogens with zero attached hydrogens (tertiary/aromatic N) is 1. The zero-order valence-electron chi connectivity index (χ0n) is 11.7. The summed E-state index contributed by atoms with van der Waals surface area (Å²) < 4.78 is 5.28. The first-order valence-corrected chi connectivity index (χ1v) is 7.64. The lowest BCUT2D eigenvalue weighted by molar-refractivity contribution is 0.140. The maximum Gasteiger partial charge on any atom is 0.254 e. The molecular formula is C15H18N2O2S. The Morgan fingerprint density at radius 1 is 1.50 bits per heavy atom. The Hall–Kier alpha value is -1.46. The topological polar surface area (TPSA) is 55.0 Å². The molecule has 20 heavy (non-hydrogen) atoms. The van der Waals surface area contributed by atoms with Crippen molar-refractivity contribution in [3.8, 4) is 10.6 Å². The Kier molecular flexibility index (Phi) is 3.48. The number of nitrogens with one attached hydrogen (secondary N) is 1. The van der Waals surface area contributed by atoms with Crippen LogP contribution >= 0.6 is 11.3 Å². The van der Waals surface area contributed by atoms with Gasteiger partial charge in [0.15, 0.2) is 0 Å². The van der Waals surface area contributed by atoms with Gasteiger partial charge in [0.05, 0.1) is 17.2 Å². The number of H-pyrrole nitrogens is 1. The van der Waals surface area contributed by atoms with Crippen LogP contribution in [0, 0.1) is 12.3 Å². The van der Waals surface area contributed by atoms with Gasteiger partial charge in [-0.1, -0.05) is 6.07 Å². The van der Waals surface area contributed by atoms with Crippen molar-refractivity contribution in [1.29, 1.82) is 0 Å². The second-order valence-corrected chi connectivity index (χ2v) is 6.52. The van der Waals surface area contributed by atoms with Crippen molar-refractivity contribution in [2.45, 2.75) is 26.2 Å². The fraction of sp³-hybridized carbons (Fsp3) is 0.467. The number of aromatic amines is 1. The lowest BCUT2D eigenvalue weighted by Crippen LogP contribution is -2.20. The maximum atomic E-state index is 12.1. The quantitative estimate of drug-likeness (QED) is 0.921. The third kappa shape index (κ3) is 2.55. The Balaban J connectivity index is 1.95. The zero-order valence-corrected chi connectivity index (χ0v) is 12.5. The Labute approximate surface area is 121 Å². The highest BCUT2D eigenvalue weighted by atomic mass is 32.1. The number of hydrogen-bond acceptors (Lipinski definition) is 4. The van der Waals surface area contributed by atoms with Gasteiger partial charge in [-0.25, -0.2) is 4.98 Å². The van der Waals surface area contributed by atoms with Crippen LogP contribution in [0.25, 0.3) is 10.6 Å². The van der Waals surface area contributed by atoms with E-state index in [2.05, 4.69) is 9.97 Å². The first-order chi connectivity index (χ1) is 9.63. The van der Waals surface area contributed by atoms with Crippen molar-refractivity contribution in [2.24, 2.45) is 5.41 Å². The zero-order chi connectivity index (χ0) is 14.2. The molecule has 3 rings (SSSR count). The summed E-state index contributed by atoms with van der Waals surface area (Å²) in [4.78, 5) is 20.7. The van der Waals surface area contributed by atoms with Gasteiger partial charge >= 0.3 is 0 Å². The Morgan fingerprint density at radius 3 is 2.90 bits per heavy atom. The molecular weight excluding hydrogens is 272 g/mol. The van der Waals surface area contributed by atoms with Gasteiger partial charge in [0.2, 0.25) is 0 Å². The van der Waals surface area contributed by atoms with Gasteiger partial charge < -0.3 is 9.72 Å². The van der Waals surface area contributed by atoms with Crippen molar-refractivity contribution in [3.63, 3.8) is 0 Å². The molecule has 1 aliphatic rings. The van der Waals surface area contributed by atoms with E-state index in [9.17, 15) is 4.79 Å². The second kappa shape index (κ2) is 5.14. The average Bonchev–Trinajstić information content (AvgIpc) is 2.96. The minimum atomic E-state index is -0.0355. The van der Waals surface area contributed by atoms with Gasteiger partial charge in [-0.2, -0.15) is 0 Å². The number of thiophene rings is 1. The average molecular weight is 290 g/mol. The van der Waals surface area contributed by atoms with Crippen LogP contribution in [0.5, 0.6) is 0 Å². The minimum absolute atomic E-state index is 0.0355. The fourth-order valence-electron chi connectivity index (χ4n) is 2.53. The smallest absolute Gasteiger partial charge is 0.254 e. The van der Waals surface area contributed by atoms with Gasteiger partial charge in [0, 0.05) is 24.5 Å². The molecule has 2 aromatic rings. The van der Waals surface area contributed by atoms with Crippen molar-refractivity contribution >= 4 is 11.3 Å². The van der Waals surface area contributed by atoms with Crippen LogP contribution in [0.1, 0.15) is 24.2 Å². The Bertz CT molecular complexity index is 657. The second-order valence-electron chi connectivity index (χ2n) is 5.57. The molecule has 1 N–H and O–H groups in total. The van der Waals surface area contributed by atoms with Crippen LogP contribution in [-0.2, 0) is 11.2 Å². The molecule has 0 amide bonds. The van der Waals surface area contributed by atoms with Crippen LogP contribution in [-0.4, -0.2) is 23.7 Å². The van der Waals surface area contributed by atoms with E-state index < -0.39 is 0 Å². The number of hydrogen-bond donors (Lipinski definition) is 1. The molecule has 0 saturated heterocycles. The van der Waals surface area contributed by atoms with E-state index in [1.165, 1.54) is 0 Å². The van der Waals surface area contributed by atoms with Gasteiger partial charge in [-0.05, 0) is 31.2 Å². The molecule has 4 nitrogen and oxygen atoms in total. The molecule has 0 aromatic carbocycles. The highest BCUT2D eigenvalue weighted by Gasteiger charge is 2.43. The van der Waals surface area contributed by atoms with E-state index >= 15 is 0 Å². The van der Waals surface area contributed by atoms with Gasteiger partial charge in [0.25, 0.3) is 5.56 Å². The van der Waals surface area contributed by atoms with Gasteiger partial charge in [-0.15, -0.1) is 11.3 Å². The monoisotopic (exact) mass is 290 g/mol. The summed E-state index contributed by atoms with van der Waals surface area (Å²) in [6.07, 6.45) is 3.08. The lowest BCUT2D eigenvalue weighted by atomic mass is 10.0. The lowest BCUT2D eigenvalue weighted by Gasteiger charge is -2.14. The molecule has 0 atom stereocenters. The van der Waals surface area contributed by atoms with Crippen molar-refractivity contribution < 1.29 is 4.74 Å². The molecule has 1 aliphatic carbocycles. The summed E-state index contributed by atoms with van der Waals surface area (Å²) in [6, 6.07) is 3.99. The van der Waals surface area contributed by atoms with E-state index in [1.54, 1.807) is 18.4 Å². The summed E-state index contributed by atoms with van der Waals surface area (Å²) in [5.74, 6) is 0.776. The Morgan fingerprint density at radius 2 is 2.30 bits per heavy atom. The van der Waals surface area contributed by atoms with Crippen LogP contribution in [0.3, 0.4) is 0 Å². The molecule has 2 heterocycles. The van der Waals surface area contributed by atoms with E-state index in [-0.39, 0.29) is 11.0 Å².